The molecule has 146 valence electrons. The molecule has 2 N–H and O–H groups in total. The Balaban J connectivity index is 1.76. The minimum atomic E-state index is -0.368. The highest BCUT2D eigenvalue weighted by Gasteiger charge is 2.28. The van der Waals surface area contributed by atoms with Gasteiger partial charge in [0.1, 0.15) is 11.9 Å². The quantitative estimate of drug-likeness (QED) is 0.350. The van der Waals surface area contributed by atoms with E-state index in [1.807, 2.05) is 11.0 Å². The highest BCUT2D eigenvalue weighted by Crippen LogP contribution is 2.28. The maximum Gasteiger partial charge on any atom is 0.168 e. The van der Waals surface area contributed by atoms with Crippen molar-refractivity contribution in [3.8, 4) is 0 Å². The molecule has 0 amide bonds. The van der Waals surface area contributed by atoms with E-state index in [9.17, 15) is 9.60 Å². The van der Waals surface area contributed by atoms with Gasteiger partial charge in [0.05, 0.1) is 25.5 Å². The van der Waals surface area contributed by atoms with Crippen LogP contribution in [0.3, 0.4) is 0 Å². The molecular weight excluding hydrogens is 383 g/mol. The van der Waals surface area contributed by atoms with E-state index in [-0.39, 0.29) is 18.4 Å². The molecule has 2 heterocycles. The number of morpholine rings is 1. The highest BCUT2D eigenvalue weighted by atomic mass is 35.5. The van der Waals surface area contributed by atoms with Gasteiger partial charge >= 0.3 is 0 Å². The van der Waals surface area contributed by atoms with E-state index < -0.39 is 0 Å². The Bertz CT molecular complexity index is 928. The van der Waals surface area contributed by atoms with Gasteiger partial charge in [-0.05, 0) is 30.3 Å². The summed E-state index contributed by atoms with van der Waals surface area (Å²) in [6, 6.07) is 11.5. The monoisotopic (exact) mass is 402 g/mol. The van der Waals surface area contributed by atoms with Crippen LogP contribution in [0.2, 0.25) is 5.02 Å². The molecule has 1 atom stereocenters. The molecule has 4 rings (SSSR count). The number of rotatable bonds is 2. The lowest BCUT2D eigenvalue weighted by Gasteiger charge is -2.32. The third kappa shape index (κ3) is 3.68. The SMILES string of the molecule is ON=C(C1CN=C(c2ccccc2F)c2cc(Cl)ccc2N1)N1CCOCC1. The standard InChI is InChI=1S/C20H20ClFN4O2/c21-13-5-6-17-15(11-13)19(14-3-1-2-4-16(14)22)23-12-18(24-17)20(25-27)26-7-9-28-10-8-26/h1-6,11,18,24,27H,7-10,12H2. The van der Waals surface area contributed by atoms with Crippen molar-refractivity contribution >= 4 is 28.8 Å². The van der Waals surface area contributed by atoms with E-state index in [1.165, 1.54) is 6.07 Å². The minimum absolute atomic E-state index is 0.284. The van der Waals surface area contributed by atoms with Crippen LogP contribution in [0, 0.1) is 5.82 Å². The number of amidine groups is 1. The van der Waals surface area contributed by atoms with Crippen LogP contribution >= 0.6 is 11.6 Å². The van der Waals surface area contributed by atoms with Crippen molar-refractivity contribution in [3.63, 3.8) is 0 Å². The first-order valence-electron chi connectivity index (χ1n) is 9.08. The number of oxime groups is 1. The minimum Gasteiger partial charge on any atom is -0.409 e. The van der Waals surface area contributed by atoms with Gasteiger partial charge in [-0.2, -0.15) is 0 Å². The van der Waals surface area contributed by atoms with E-state index in [1.54, 1.807) is 30.3 Å². The smallest absolute Gasteiger partial charge is 0.168 e. The van der Waals surface area contributed by atoms with Crippen LogP contribution in [-0.2, 0) is 4.74 Å². The van der Waals surface area contributed by atoms with Crippen LogP contribution in [0.25, 0.3) is 0 Å². The van der Waals surface area contributed by atoms with Crippen LogP contribution in [0.4, 0.5) is 10.1 Å². The van der Waals surface area contributed by atoms with E-state index >= 15 is 0 Å². The molecule has 1 saturated heterocycles. The van der Waals surface area contributed by atoms with Gasteiger partial charge in [0.25, 0.3) is 0 Å². The summed E-state index contributed by atoms with van der Waals surface area (Å²) >= 11 is 6.21. The zero-order valence-electron chi connectivity index (χ0n) is 15.1. The Morgan fingerprint density at radius 2 is 2.00 bits per heavy atom. The fraction of sp³-hybridized carbons (Fsp3) is 0.300. The molecule has 0 radical (unpaired) electrons. The number of hydrogen-bond acceptors (Lipinski definition) is 5. The fourth-order valence-electron chi connectivity index (χ4n) is 3.51. The normalized spacial score (nSPS) is 20.1. The second-order valence-corrected chi connectivity index (χ2v) is 7.05. The lowest BCUT2D eigenvalue weighted by Crippen LogP contribution is -2.49. The maximum atomic E-state index is 14.5. The number of anilines is 1. The van der Waals surface area contributed by atoms with Crippen LogP contribution in [0.5, 0.6) is 0 Å². The van der Waals surface area contributed by atoms with Crippen molar-refractivity contribution < 1.29 is 14.3 Å². The summed E-state index contributed by atoms with van der Waals surface area (Å²) in [4.78, 5) is 6.66. The van der Waals surface area contributed by atoms with Crippen LogP contribution in [-0.4, -0.2) is 60.5 Å². The Labute approximate surface area is 167 Å². The molecule has 0 saturated carbocycles. The summed E-state index contributed by atoms with van der Waals surface area (Å²) < 4.78 is 19.9. The number of hydrogen-bond donors (Lipinski definition) is 2. The molecule has 2 aromatic carbocycles. The first-order chi connectivity index (χ1) is 13.7. The summed E-state index contributed by atoms with van der Waals surface area (Å²) in [5, 5.41) is 17.1. The van der Waals surface area contributed by atoms with Gasteiger partial charge in [-0.25, -0.2) is 4.39 Å². The topological polar surface area (TPSA) is 69.5 Å². The molecule has 2 aromatic rings. The average Bonchev–Trinajstić information content (AvgIpc) is 2.89. The maximum absolute atomic E-state index is 14.5. The number of ether oxygens (including phenoxy) is 1. The Morgan fingerprint density at radius 1 is 1.21 bits per heavy atom. The van der Waals surface area contributed by atoms with Crippen molar-refractivity contribution in [2.24, 2.45) is 10.1 Å². The highest BCUT2D eigenvalue weighted by molar-refractivity contribution is 6.31. The molecular formula is C20H20ClFN4O2. The molecule has 28 heavy (non-hydrogen) atoms. The zero-order valence-corrected chi connectivity index (χ0v) is 15.9. The summed E-state index contributed by atoms with van der Waals surface area (Å²) in [5.41, 5.74) is 2.38. The first-order valence-corrected chi connectivity index (χ1v) is 9.45. The Morgan fingerprint density at radius 3 is 2.75 bits per heavy atom. The number of halogens is 2. The summed E-state index contributed by atoms with van der Waals surface area (Å²) in [6.45, 7) is 2.69. The number of aliphatic imine (C=N–C) groups is 1. The van der Waals surface area contributed by atoms with E-state index in [0.717, 1.165) is 5.69 Å². The molecule has 0 bridgehead atoms. The van der Waals surface area contributed by atoms with Gasteiger partial charge in [0, 0.05) is 34.9 Å². The van der Waals surface area contributed by atoms with Crippen molar-refractivity contribution in [2.45, 2.75) is 6.04 Å². The van der Waals surface area contributed by atoms with E-state index in [2.05, 4.69) is 15.5 Å². The molecule has 1 fully saturated rings. The van der Waals surface area contributed by atoms with Gasteiger partial charge < -0.3 is 20.2 Å². The average molecular weight is 403 g/mol. The van der Waals surface area contributed by atoms with Gasteiger partial charge in [-0.3, -0.25) is 4.99 Å². The van der Waals surface area contributed by atoms with Gasteiger partial charge in [-0.15, -0.1) is 0 Å². The Hall–Kier alpha value is -2.64. The first kappa shape index (κ1) is 18.7. The van der Waals surface area contributed by atoms with Gasteiger partial charge in [0.15, 0.2) is 5.84 Å². The van der Waals surface area contributed by atoms with Gasteiger partial charge in [0.2, 0.25) is 0 Å². The predicted molar refractivity (Wildman–Crippen MR) is 107 cm³/mol. The number of nitrogens with zero attached hydrogens (tertiary/aromatic N) is 3. The second-order valence-electron chi connectivity index (χ2n) is 6.61. The molecule has 0 spiro atoms. The molecule has 6 nitrogen and oxygen atoms in total. The molecule has 2 aliphatic rings. The summed E-state index contributed by atoms with van der Waals surface area (Å²) in [5.74, 6) is 0.137. The molecule has 8 heteroatoms. The van der Waals surface area contributed by atoms with Crippen LogP contribution in [0.1, 0.15) is 11.1 Å². The number of benzene rings is 2. The van der Waals surface area contributed by atoms with Crippen molar-refractivity contribution in [2.75, 3.05) is 38.2 Å². The number of nitrogens with one attached hydrogen (secondary N) is 1. The zero-order chi connectivity index (χ0) is 19.5. The second kappa shape index (κ2) is 8.16. The predicted octanol–water partition coefficient (Wildman–Crippen LogP) is 3.23. The molecule has 0 aromatic heterocycles. The number of benzodiazepines with no additional fused rings is 1. The van der Waals surface area contributed by atoms with Crippen molar-refractivity contribution in [3.05, 3.63) is 64.4 Å². The molecule has 1 unspecified atom stereocenters. The van der Waals surface area contributed by atoms with E-state index in [0.29, 0.717) is 54.0 Å². The van der Waals surface area contributed by atoms with Crippen LogP contribution < -0.4 is 5.32 Å². The van der Waals surface area contributed by atoms with E-state index in [4.69, 9.17) is 16.3 Å². The van der Waals surface area contributed by atoms with Crippen molar-refractivity contribution in [1.82, 2.24) is 4.90 Å². The Kier molecular flexibility index (Phi) is 5.45. The largest absolute Gasteiger partial charge is 0.409 e. The summed E-state index contributed by atoms with van der Waals surface area (Å²) in [7, 11) is 0. The van der Waals surface area contributed by atoms with Crippen molar-refractivity contribution in [1.29, 1.82) is 0 Å². The third-order valence-electron chi connectivity index (χ3n) is 4.88. The number of fused-ring (bicyclic) bond motifs is 1. The van der Waals surface area contributed by atoms with Crippen LogP contribution in [0.15, 0.2) is 52.6 Å². The summed E-state index contributed by atoms with van der Waals surface area (Å²) in [6.07, 6.45) is 0. The fourth-order valence-corrected chi connectivity index (χ4v) is 3.69. The van der Waals surface area contributed by atoms with Gasteiger partial charge in [-0.1, -0.05) is 28.9 Å². The lowest BCUT2D eigenvalue weighted by atomic mass is 10.00. The third-order valence-corrected chi connectivity index (χ3v) is 5.11. The lowest BCUT2D eigenvalue weighted by molar-refractivity contribution is 0.0653. The molecule has 2 aliphatic heterocycles. The molecule has 0 aliphatic carbocycles.